The SMILES string of the molecule is Cc1ccc(-c2ccc(-c3cc(C(F)(F)F)nn3-c3ccc(NNS(=O)[O-])cc3)cc2)cc1. The van der Waals surface area contributed by atoms with Crippen LogP contribution >= 0.6 is 0 Å². The van der Waals surface area contributed by atoms with Gasteiger partial charge in [-0.1, -0.05) is 54.1 Å². The van der Waals surface area contributed by atoms with Gasteiger partial charge in [0.25, 0.3) is 0 Å². The highest BCUT2D eigenvalue weighted by molar-refractivity contribution is 7.77. The Morgan fingerprint density at radius 2 is 1.42 bits per heavy atom. The zero-order valence-corrected chi connectivity index (χ0v) is 18.1. The van der Waals surface area contributed by atoms with Crippen molar-refractivity contribution in [1.82, 2.24) is 14.6 Å². The normalized spacial score (nSPS) is 12.5. The fourth-order valence-electron chi connectivity index (χ4n) is 3.29. The van der Waals surface area contributed by atoms with E-state index in [1.807, 2.05) is 48.2 Å². The van der Waals surface area contributed by atoms with Gasteiger partial charge in [0.1, 0.15) is 0 Å². The van der Waals surface area contributed by atoms with Crippen LogP contribution in [0.1, 0.15) is 11.3 Å². The number of nitrogens with one attached hydrogen (secondary N) is 2. The third-order valence-electron chi connectivity index (χ3n) is 4.96. The van der Waals surface area contributed by atoms with Crippen molar-refractivity contribution in [3.63, 3.8) is 0 Å². The van der Waals surface area contributed by atoms with Gasteiger partial charge in [-0.2, -0.15) is 23.1 Å². The molecular weight excluding hydrogens is 453 g/mol. The van der Waals surface area contributed by atoms with Crippen LogP contribution in [-0.4, -0.2) is 18.5 Å². The first-order valence-electron chi connectivity index (χ1n) is 9.77. The molecule has 0 aliphatic rings. The van der Waals surface area contributed by atoms with Crippen LogP contribution in [0.3, 0.4) is 0 Å². The summed E-state index contributed by atoms with van der Waals surface area (Å²) in [5.74, 6) is 0. The molecule has 1 unspecified atom stereocenters. The van der Waals surface area contributed by atoms with E-state index >= 15 is 0 Å². The van der Waals surface area contributed by atoms with Gasteiger partial charge in [0.15, 0.2) is 5.69 Å². The van der Waals surface area contributed by atoms with Crippen LogP contribution in [0.2, 0.25) is 0 Å². The number of aromatic nitrogens is 2. The molecule has 6 nitrogen and oxygen atoms in total. The second-order valence-corrected chi connectivity index (χ2v) is 7.95. The summed E-state index contributed by atoms with van der Waals surface area (Å²) in [4.78, 5) is 2.00. The van der Waals surface area contributed by atoms with Crippen molar-refractivity contribution in [2.24, 2.45) is 0 Å². The zero-order chi connectivity index (χ0) is 23.6. The molecule has 4 aromatic rings. The van der Waals surface area contributed by atoms with Gasteiger partial charge in [0.05, 0.1) is 11.4 Å². The molecule has 4 rings (SSSR count). The lowest BCUT2D eigenvalue weighted by molar-refractivity contribution is -0.141. The number of alkyl halides is 3. The van der Waals surface area contributed by atoms with Gasteiger partial charge in [0.2, 0.25) is 0 Å². The Morgan fingerprint density at radius 1 is 0.879 bits per heavy atom. The number of halogens is 3. The first-order valence-corrected chi connectivity index (χ1v) is 10.8. The predicted octanol–water partition coefficient (Wildman–Crippen LogP) is 5.24. The quantitative estimate of drug-likeness (QED) is 0.298. The molecule has 0 amide bonds. The number of rotatable bonds is 6. The topological polar surface area (TPSA) is 82.0 Å². The first-order chi connectivity index (χ1) is 15.7. The number of hydrogen-bond donors (Lipinski definition) is 2. The predicted molar refractivity (Wildman–Crippen MR) is 120 cm³/mol. The smallest absolute Gasteiger partial charge is 0.435 e. The number of aryl methyl sites for hydroxylation is 1. The molecule has 0 saturated heterocycles. The highest BCUT2D eigenvalue weighted by Crippen LogP contribution is 2.34. The minimum atomic E-state index is -4.61. The Morgan fingerprint density at radius 3 is 1.97 bits per heavy atom. The van der Waals surface area contributed by atoms with E-state index < -0.39 is 23.1 Å². The van der Waals surface area contributed by atoms with E-state index in [1.165, 1.54) is 28.9 Å². The van der Waals surface area contributed by atoms with Crippen molar-refractivity contribution < 1.29 is 21.9 Å². The van der Waals surface area contributed by atoms with E-state index in [2.05, 4.69) is 10.5 Å². The van der Waals surface area contributed by atoms with E-state index in [9.17, 15) is 21.9 Å². The maximum Gasteiger partial charge on any atom is 0.435 e. The molecule has 33 heavy (non-hydrogen) atoms. The lowest BCUT2D eigenvalue weighted by Crippen LogP contribution is -2.23. The van der Waals surface area contributed by atoms with Crippen LogP contribution < -0.4 is 10.3 Å². The van der Waals surface area contributed by atoms with E-state index in [4.69, 9.17) is 0 Å². The Bertz CT molecular complexity index is 1270. The lowest BCUT2D eigenvalue weighted by atomic mass is 10.0. The Kier molecular flexibility index (Phi) is 6.32. The summed E-state index contributed by atoms with van der Waals surface area (Å²) in [5, 5.41) is 3.78. The monoisotopic (exact) mass is 471 g/mol. The van der Waals surface area contributed by atoms with Crippen molar-refractivity contribution in [3.05, 3.63) is 90.1 Å². The fraction of sp³-hybridized carbons (Fsp3) is 0.0870. The third-order valence-corrected chi connectivity index (χ3v) is 5.22. The molecule has 170 valence electrons. The van der Waals surface area contributed by atoms with Crippen molar-refractivity contribution in [3.8, 4) is 28.1 Å². The summed E-state index contributed by atoms with van der Waals surface area (Å²) in [7, 11) is 0. The number of hydrogen-bond acceptors (Lipinski definition) is 4. The number of hydrazine groups is 1. The number of anilines is 1. The molecule has 0 aliphatic carbocycles. The van der Waals surface area contributed by atoms with E-state index in [0.29, 0.717) is 16.9 Å². The van der Waals surface area contributed by atoms with Crippen LogP contribution in [0.25, 0.3) is 28.1 Å². The minimum absolute atomic E-state index is 0.275. The molecule has 1 aromatic heterocycles. The number of nitrogens with zero attached hydrogens (tertiary/aromatic N) is 2. The minimum Gasteiger partial charge on any atom is -0.759 e. The summed E-state index contributed by atoms with van der Waals surface area (Å²) in [5.41, 5.74) is 6.17. The Balaban J connectivity index is 1.70. The second kappa shape index (κ2) is 9.18. The standard InChI is InChI=1S/C23H19F3N4O2S/c1-15-2-4-16(5-3-15)17-6-8-18(9-7-17)21-14-22(23(24,25)26)28-30(21)20-12-10-19(11-13-20)27-29-33(31)32/h2-14,27,29H,1H3,(H,31,32)/p-1. The summed E-state index contributed by atoms with van der Waals surface area (Å²) < 4.78 is 62.7. The average molecular weight is 471 g/mol. The van der Waals surface area contributed by atoms with Gasteiger partial charge < -0.3 is 9.98 Å². The largest absolute Gasteiger partial charge is 0.759 e. The average Bonchev–Trinajstić information content (AvgIpc) is 3.25. The van der Waals surface area contributed by atoms with Crippen LogP contribution in [0, 0.1) is 6.92 Å². The highest BCUT2D eigenvalue weighted by atomic mass is 32.2. The molecule has 0 bridgehead atoms. The molecule has 1 atom stereocenters. The third kappa shape index (κ3) is 5.30. The van der Waals surface area contributed by atoms with Gasteiger partial charge in [-0.25, -0.2) is 4.68 Å². The summed E-state index contributed by atoms with van der Waals surface area (Å²) in [6.07, 6.45) is -4.61. The Hall–Kier alpha value is -3.47. The summed E-state index contributed by atoms with van der Waals surface area (Å²) >= 11 is -2.51. The van der Waals surface area contributed by atoms with Crippen molar-refractivity contribution in [1.29, 1.82) is 0 Å². The van der Waals surface area contributed by atoms with E-state index in [0.717, 1.165) is 22.8 Å². The highest BCUT2D eigenvalue weighted by Gasteiger charge is 2.35. The zero-order valence-electron chi connectivity index (χ0n) is 17.3. The molecule has 0 fully saturated rings. The van der Waals surface area contributed by atoms with E-state index in [1.54, 1.807) is 12.1 Å². The van der Waals surface area contributed by atoms with E-state index in [-0.39, 0.29) is 5.69 Å². The van der Waals surface area contributed by atoms with Gasteiger partial charge in [-0.15, -0.1) is 0 Å². The van der Waals surface area contributed by atoms with Crippen LogP contribution in [0.4, 0.5) is 18.9 Å². The molecular formula is C23H18F3N4O2S-. The summed E-state index contributed by atoms with van der Waals surface area (Å²) in [6.45, 7) is 2.00. The molecule has 2 N–H and O–H groups in total. The molecule has 3 aromatic carbocycles. The van der Waals surface area contributed by atoms with Crippen LogP contribution in [0.15, 0.2) is 78.9 Å². The van der Waals surface area contributed by atoms with Gasteiger partial charge in [-0.3, -0.25) is 4.21 Å². The van der Waals surface area contributed by atoms with Crippen molar-refractivity contribution in [2.75, 3.05) is 5.43 Å². The van der Waals surface area contributed by atoms with Crippen LogP contribution in [0.5, 0.6) is 0 Å². The lowest BCUT2D eigenvalue weighted by Gasteiger charge is -2.12. The summed E-state index contributed by atoms with van der Waals surface area (Å²) in [6, 6.07) is 22.3. The van der Waals surface area contributed by atoms with Crippen molar-refractivity contribution >= 4 is 17.0 Å². The van der Waals surface area contributed by atoms with Gasteiger partial charge in [-0.05, 0) is 48.4 Å². The maximum atomic E-state index is 13.4. The van der Waals surface area contributed by atoms with Crippen LogP contribution in [-0.2, 0) is 17.4 Å². The van der Waals surface area contributed by atoms with Gasteiger partial charge >= 0.3 is 6.18 Å². The molecule has 0 saturated carbocycles. The van der Waals surface area contributed by atoms with Gasteiger partial charge in [0, 0.05) is 22.5 Å². The first kappa shape index (κ1) is 22.7. The maximum absolute atomic E-state index is 13.4. The number of benzene rings is 3. The molecule has 0 radical (unpaired) electrons. The fourth-order valence-corrected chi connectivity index (χ4v) is 3.49. The van der Waals surface area contributed by atoms with Crippen molar-refractivity contribution in [2.45, 2.75) is 13.1 Å². The Labute approximate surface area is 190 Å². The second-order valence-electron chi connectivity index (χ2n) is 7.28. The molecule has 0 aliphatic heterocycles. The molecule has 10 heteroatoms. The molecule has 1 heterocycles. The molecule has 0 spiro atoms.